The number of aromatic nitrogens is 1. The van der Waals surface area contributed by atoms with Crippen LogP contribution in [0, 0.1) is 12.3 Å². The van der Waals surface area contributed by atoms with E-state index in [-0.39, 0.29) is 45.6 Å². The van der Waals surface area contributed by atoms with Gasteiger partial charge in [-0.1, -0.05) is 38.5 Å². The van der Waals surface area contributed by atoms with E-state index in [0.717, 1.165) is 5.56 Å². The van der Waals surface area contributed by atoms with Crippen molar-refractivity contribution in [2.45, 2.75) is 55.4 Å². The third kappa shape index (κ3) is 3.62. The van der Waals surface area contributed by atoms with Crippen LogP contribution >= 0.6 is 11.8 Å². The molecule has 1 N–H and O–H groups in total. The van der Waals surface area contributed by atoms with Crippen molar-refractivity contribution in [3.05, 3.63) is 41.1 Å². The normalized spacial score (nSPS) is 16.9. The molecule has 5 nitrogen and oxygen atoms in total. The molecule has 0 saturated carbocycles. The Labute approximate surface area is 163 Å². The molecule has 0 unspecified atom stereocenters. The van der Waals surface area contributed by atoms with Crippen LogP contribution in [0.25, 0.3) is 0 Å². The van der Waals surface area contributed by atoms with Crippen LogP contribution in [-0.4, -0.2) is 30.7 Å². The smallest absolute Gasteiger partial charge is 0.222 e. The van der Waals surface area contributed by atoms with Gasteiger partial charge in [0.15, 0.2) is 16.6 Å². The van der Waals surface area contributed by atoms with E-state index in [1.54, 1.807) is 24.3 Å². The number of nitrogens with one attached hydrogen (secondary N) is 1. The molecule has 144 valence electrons. The van der Waals surface area contributed by atoms with E-state index in [9.17, 15) is 18.0 Å². The molecule has 3 rings (SSSR count). The Balaban J connectivity index is 2.23. The van der Waals surface area contributed by atoms with Crippen LogP contribution in [0.1, 0.15) is 60.0 Å². The van der Waals surface area contributed by atoms with Crippen molar-refractivity contribution in [3.8, 4) is 0 Å². The Bertz CT molecular complexity index is 1010. The number of Topliss-reactive ketones (excluding diaryl/α,β-unsaturated/α-hetero) is 2. The molecule has 0 amide bonds. The van der Waals surface area contributed by atoms with Crippen LogP contribution in [0.3, 0.4) is 0 Å². The van der Waals surface area contributed by atoms with Gasteiger partial charge in [0, 0.05) is 12.8 Å². The SMILES string of the molecule is CCSc1c(S(=O)(=O)c2ccc(C)cc2)[nH]c2c1C(=O)CC(C)(C)CC2=O. The fourth-order valence-electron chi connectivity index (χ4n) is 3.35. The average Bonchev–Trinajstić information content (AvgIpc) is 2.91. The Kier molecular flexibility index (Phi) is 5.12. The van der Waals surface area contributed by atoms with E-state index in [1.807, 2.05) is 27.7 Å². The second-order valence-electron chi connectivity index (χ2n) is 7.65. The highest BCUT2D eigenvalue weighted by Crippen LogP contribution is 2.41. The molecule has 0 spiro atoms. The number of aryl methyl sites for hydroxylation is 1. The van der Waals surface area contributed by atoms with Crippen LogP contribution < -0.4 is 0 Å². The minimum atomic E-state index is -3.87. The highest BCUT2D eigenvalue weighted by Gasteiger charge is 2.39. The number of aromatic amines is 1. The number of ketones is 2. The van der Waals surface area contributed by atoms with Gasteiger partial charge in [0.1, 0.15) is 0 Å². The topological polar surface area (TPSA) is 84.1 Å². The Morgan fingerprint density at radius 3 is 2.26 bits per heavy atom. The summed E-state index contributed by atoms with van der Waals surface area (Å²) >= 11 is 1.28. The van der Waals surface area contributed by atoms with Gasteiger partial charge in [-0.3, -0.25) is 9.59 Å². The maximum absolute atomic E-state index is 13.2. The summed E-state index contributed by atoms with van der Waals surface area (Å²) in [5.74, 6) is 0.188. The quantitative estimate of drug-likeness (QED) is 0.600. The van der Waals surface area contributed by atoms with Crippen molar-refractivity contribution in [1.29, 1.82) is 0 Å². The third-order valence-electron chi connectivity index (χ3n) is 4.65. The zero-order valence-corrected chi connectivity index (χ0v) is 17.5. The summed E-state index contributed by atoms with van der Waals surface area (Å²) < 4.78 is 26.4. The maximum Gasteiger partial charge on any atom is 0.222 e. The van der Waals surface area contributed by atoms with Crippen LogP contribution in [0.2, 0.25) is 0 Å². The highest BCUT2D eigenvalue weighted by atomic mass is 32.2. The van der Waals surface area contributed by atoms with E-state index >= 15 is 0 Å². The monoisotopic (exact) mass is 405 g/mol. The van der Waals surface area contributed by atoms with Crippen molar-refractivity contribution in [3.63, 3.8) is 0 Å². The van der Waals surface area contributed by atoms with Crippen molar-refractivity contribution in [2.24, 2.45) is 5.41 Å². The minimum absolute atomic E-state index is 0.0513. The van der Waals surface area contributed by atoms with Gasteiger partial charge < -0.3 is 4.98 Å². The van der Waals surface area contributed by atoms with Crippen LogP contribution in [0.15, 0.2) is 39.1 Å². The first-order valence-electron chi connectivity index (χ1n) is 8.84. The van der Waals surface area contributed by atoms with Crippen molar-refractivity contribution < 1.29 is 18.0 Å². The van der Waals surface area contributed by atoms with E-state index < -0.39 is 15.3 Å². The van der Waals surface area contributed by atoms with Crippen LogP contribution in [0.4, 0.5) is 0 Å². The van der Waals surface area contributed by atoms with Crippen LogP contribution in [-0.2, 0) is 9.84 Å². The summed E-state index contributed by atoms with van der Waals surface area (Å²) in [6.07, 6.45) is 0.414. The summed E-state index contributed by atoms with van der Waals surface area (Å²) in [5, 5.41) is -0.0513. The maximum atomic E-state index is 13.2. The van der Waals surface area contributed by atoms with Gasteiger partial charge in [0.2, 0.25) is 9.84 Å². The van der Waals surface area contributed by atoms with E-state index in [0.29, 0.717) is 10.6 Å². The second kappa shape index (κ2) is 6.95. The number of hydrogen-bond donors (Lipinski definition) is 1. The van der Waals surface area contributed by atoms with Gasteiger partial charge in [-0.2, -0.15) is 0 Å². The zero-order valence-electron chi connectivity index (χ0n) is 15.9. The number of carbonyl (C=O) groups is 2. The van der Waals surface area contributed by atoms with Crippen molar-refractivity contribution in [1.82, 2.24) is 4.98 Å². The van der Waals surface area contributed by atoms with E-state index in [1.165, 1.54) is 11.8 Å². The molecule has 0 saturated heterocycles. The molecule has 1 aromatic carbocycles. The summed E-state index contributed by atoms with van der Waals surface area (Å²) in [7, 11) is -3.87. The first-order valence-corrected chi connectivity index (χ1v) is 11.3. The van der Waals surface area contributed by atoms with Gasteiger partial charge in [0.05, 0.1) is 21.0 Å². The van der Waals surface area contributed by atoms with Crippen LogP contribution in [0.5, 0.6) is 0 Å². The van der Waals surface area contributed by atoms with Gasteiger partial charge >= 0.3 is 0 Å². The number of sulfone groups is 1. The van der Waals surface area contributed by atoms with Gasteiger partial charge in [-0.15, -0.1) is 11.8 Å². The Morgan fingerprint density at radius 2 is 1.67 bits per heavy atom. The molecule has 0 radical (unpaired) electrons. The summed E-state index contributed by atoms with van der Waals surface area (Å²) in [6, 6.07) is 6.55. The standard InChI is InChI=1S/C20H23NO4S2/c1-5-26-18-16-14(22)10-20(3,4)11-15(23)17(16)21-19(18)27(24,25)13-8-6-12(2)7-9-13/h6-9,21H,5,10-11H2,1-4H3. The third-order valence-corrected chi connectivity index (χ3v) is 7.50. The lowest BCUT2D eigenvalue weighted by Gasteiger charge is -2.19. The van der Waals surface area contributed by atoms with Gasteiger partial charge in [0.25, 0.3) is 0 Å². The lowest BCUT2D eigenvalue weighted by Crippen LogP contribution is -2.17. The predicted molar refractivity (Wildman–Crippen MR) is 105 cm³/mol. The number of rotatable bonds is 4. The van der Waals surface area contributed by atoms with E-state index in [4.69, 9.17) is 0 Å². The highest BCUT2D eigenvalue weighted by molar-refractivity contribution is 8.00. The first-order chi connectivity index (χ1) is 12.6. The molecular formula is C20H23NO4S2. The Hall–Kier alpha value is -1.86. The molecule has 0 atom stereocenters. The number of carbonyl (C=O) groups excluding carboxylic acids is 2. The molecule has 7 heteroatoms. The molecule has 1 aliphatic rings. The molecular weight excluding hydrogens is 382 g/mol. The number of H-pyrrole nitrogens is 1. The van der Waals surface area contributed by atoms with E-state index in [2.05, 4.69) is 4.98 Å². The zero-order chi connectivity index (χ0) is 20.0. The summed E-state index contributed by atoms with van der Waals surface area (Å²) in [6.45, 7) is 7.53. The lowest BCUT2D eigenvalue weighted by molar-refractivity contribution is 0.0894. The lowest BCUT2D eigenvalue weighted by atomic mass is 9.84. The number of hydrogen-bond acceptors (Lipinski definition) is 5. The fraction of sp³-hybridized carbons (Fsp3) is 0.400. The molecule has 0 aliphatic heterocycles. The average molecular weight is 406 g/mol. The van der Waals surface area contributed by atoms with Gasteiger partial charge in [-0.05, 0) is 30.2 Å². The molecule has 2 aromatic rings. The number of benzene rings is 1. The minimum Gasteiger partial charge on any atom is -0.341 e. The number of fused-ring (bicyclic) bond motifs is 1. The molecule has 27 heavy (non-hydrogen) atoms. The Morgan fingerprint density at radius 1 is 1.07 bits per heavy atom. The molecule has 1 heterocycles. The largest absolute Gasteiger partial charge is 0.341 e. The molecule has 0 fully saturated rings. The number of thioether (sulfide) groups is 1. The van der Waals surface area contributed by atoms with Crippen molar-refractivity contribution >= 4 is 33.2 Å². The predicted octanol–water partition coefficient (Wildman–Crippen LogP) is 4.45. The molecule has 0 bridgehead atoms. The fourth-order valence-corrected chi connectivity index (χ4v) is 6.00. The molecule has 1 aliphatic carbocycles. The molecule has 1 aromatic heterocycles. The summed E-state index contributed by atoms with van der Waals surface area (Å²) in [4.78, 5) is 29.0. The summed E-state index contributed by atoms with van der Waals surface area (Å²) in [5.41, 5.74) is 0.875. The first kappa shape index (κ1) is 19.9. The second-order valence-corrected chi connectivity index (χ2v) is 10.8. The van der Waals surface area contributed by atoms with Gasteiger partial charge in [-0.25, -0.2) is 8.42 Å². The van der Waals surface area contributed by atoms with Crippen molar-refractivity contribution in [2.75, 3.05) is 5.75 Å².